The standard InChI is InChI=1S/C23H23FN2O2/c1-14(11-15(2)27)26-23(17-5-4-6-18(24)12-17)20-10-8-16-7-9-19(28-3)13-21(16)22(20)25-26/h4-7,9,11-13,20,23H,8,10H2,1-3H3/b14-11+/t20-,23-/m1/s1. The quantitative estimate of drug-likeness (QED) is 0.727. The van der Waals surface area contributed by atoms with Crippen LogP contribution in [-0.2, 0) is 11.2 Å². The second kappa shape index (κ2) is 7.23. The number of fused-ring (bicyclic) bond motifs is 3. The molecule has 0 fully saturated rings. The Bertz CT molecular complexity index is 996. The fourth-order valence-electron chi connectivity index (χ4n) is 4.29. The maximum atomic E-state index is 14.0. The molecule has 0 radical (unpaired) electrons. The average Bonchev–Trinajstić information content (AvgIpc) is 3.07. The fraction of sp³-hybridized carbons (Fsp3) is 0.304. The normalized spacial score (nSPS) is 21.1. The first kappa shape index (κ1) is 18.4. The zero-order valence-electron chi connectivity index (χ0n) is 16.3. The van der Waals surface area contributed by atoms with Crippen LogP contribution in [0, 0.1) is 11.7 Å². The SMILES string of the molecule is COc1ccc2c(c1)C1=NN(/C(C)=C/C(C)=O)[C@H](c3cccc(F)c3)[C@@H]1CC2. The predicted molar refractivity (Wildman–Crippen MR) is 107 cm³/mol. The van der Waals surface area contributed by atoms with Gasteiger partial charge in [-0.15, -0.1) is 0 Å². The van der Waals surface area contributed by atoms with Crippen LogP contribution >= 0.6 is 0 Å². The van der Waals surface area contributed by atoms with Gasteiger partial charge in [-0.05, 0) is 62.1 Å². The third-order valence-corrected chi connectivity index (χ3v) is 5.49. The van der Waals surface area contributed by atoms with Crippen LogP contribution in [0.1, 0.15) is 43.0 Å². The Hall–Kier alpha value is -2.95. The molecule has 0 bridgehead atoms. The Morgan fingerprint density at radius 3 is 2.79 bits per heavy atom. The van der Waals surface area contributed by atoms with Crippen LogP contribution in [0.3, 0.4) is 0 Å². The lowest BCUT2D eigenvalue weighted by atomic mass is 9.77. The Balaban J connectivity index is 1.84. The molecular weight excluding hydrogens is 355 g/mol. The van der Waals surface area contributed by atoms with E-state index in [1.54, 1.807) is 25.3 Å². The summed E-state index contributed by atoms with van der Waals surface area (Å²) in [7, 11) is 1.65. The lowest BCUT2D eigenvalue weighted by Gasteiger charge is -2.31. The Labute approximate surface area is 164 Å². The summed E-state index contributed by atoms with van der Waals surface area (Å²) in [5.74, 6) is 0.611. The van der Waals surface area contributed by atoms with E-state index in [9.17, 15) is 9.18 Å². The number of carbonyl (C=O) groups is 1. The molecule has 2 aromatic carbocycles. The summed E-state index contributed by atoms with van der Waals surface area (Å²) in [5, 5.41) is 6.80. The minimum Gasteiger partial charge on any atom is -0.497 e. The Morgan fingerprint density at radius 2 is 2.07 bits per heavy atom. The first-order valence-electron chi connectivity index (χ1n) is 9.47. The monoisotopic (exact) mass is 378 g/mol. The number of halogens is 1. The number of benzene rings is 2. The van der Waals surface area contributed by atoms with Gasteiger partial charge in [0.05, 0.1) is 18.9 Å². The number of methoxy groups -OCH3 is 1. The minimum atomic E-state index is -0.267. The zero-order chi connectivity index (χ0) is 19.8. The molecule has 1 aliphatic heterocycles. The molecule has 0 aromatic heterocycles. The van der Waals surface area contributed by atoms with E-state index in [4.69, 9.17) is 9.84 Å². The van der Waals surface area contributed by atoms with E-state index in [0.29, 0.717) is 0 Å². The van der Waals surface area contributed by atoms with Gasteiger partial charge >= 0.3 is 0 Å². The van der Waals surface area contributed by atoms with E-state index in [1.165, 1.54) is 18.6 Å². The van der Waals surface area contributed by atoms with E-state index in [2.05, 4.69) is 6.07 Å². The summed E-state index contributed by atoms with van der Waals surface area (Å²) in [5.41, 5.74) is 4.92. The highest BCUT2D eigenvalue weighted by molar-refractivity contribution is 6.06. The molecule has 1 aliphatic carbocycles. The highest BCUT2D eigenvalue weighted by Gasteiger charge is 2.42. The first-order valence-corrected chi connectivity index (χ1v) is 9.47. The maximum absolute atomic E-state index is 14.0. The van der Waals surface area contributed by atoms with Crippen LogP contribution in [-0.4, -0.2) is 23.6 Å². The number of hydrazone groups is 1. The predicted octanol–water partition coefficient (Wildman–Crippen LogP) is 4.65. The summed E-state index contributed by atoms with van der Waals surface area (Å²) < 4.78 is 19.4. The first-order chi connectivity index (χ1) is 13.5. The molecule has 0 saturated carbocycles. The number of rotatable bonds is 4. The van der Waals surface area contributed by atoms with Gasteiger partial charge in [-0.1, -0.05) is 18.2 Å². The van der Waals surface area contributed by atoms with Gasteiger partial charge in [0.15, 0.2) is 5.78 Å². The summed E-state index contributed by atoms with van der Waals surface area (Å²) in [4.78, 5) is 11.7. The molecule has 144 valence electrons. The van der Waals surface area contributed by atoms with Crippen molar-refractivity contribution in [2.45, 2.75) is 32.7 Å². The van der Waals surface area contributed by atoms with Gasteiger partial charge in [-0.2, -0.15) is 5.10 Å². The van der Waals surface area contributed by atoms with Crippen molar-refractivity contribution >= 4 is 11.5 Å². The molecule has 28 heavy (non-hydrogen) atoms. The van der Waals surface area contributed by atoms with Crippen LogP contribution in [0.15, 0.2) is 59.3 Å². The number of ketones is 1. The number of hydrogen-bond acceptors (Lipinski definition) is 4. The number of allylic oxidation sites excluding steroid dienone is 2. The van der Waals surface area contributed by atoms with Crippen molar-refractivity contribution < 1.29 is 13.9 Å². The van der Waals surface area contributed by atoms with E-state index in [-0.39, 0.29) is 23.6 Å². The second-order valence-electron chi connectivity index (χ2n) is 7.39. The van der Waals surface area contributed by atoms with Gasteiger partial charge < -0.3 is 4.74 Å². The molecule has 2 aliphatic rings. The molecule has 0 amide bonds. The van der Waals surface area contributed by atoms with Gasteiger partial charge in [0.2, 0.25) is 0 Å². The largest absolute Gasteiger partial charge is 0.497 e. The summed E-state index contributed by atoms with van der Waals surface area (Å²) >= 11 is 0. The number of hydrogen-bond donors (Lipinski definition) is 0. The molecular formula is C23H23FN2O2. The minimum absolute atomic E-state index is 0.0346. The molecule has 0 unspecified atom stereocenters. The molecule has 2 aromatic rings. The van der Waals surface area contributed by atoms with Crippen molar-refractivity contribution in [2.75, 3.05) is 7.11 Å². The van der Waals surface area contributed by atoms with Crippen LogP contribution in [0.4, 0.5) is 4.39 Å². The number of ether oxygens (including phenoxy) is 1. The van der Waals surface area contributed by atoms with Gasteiger partial charge in [0, 0.05) is 23.3 Å². The maximum Gasteiger partial charge on any atom is 0.154 e. The van der Waals surface area contributed by atoms with Gasteiger partial charge in [-0.25, -0.2) is 4.39 Å². The van der Waals surface area contributed by atoms with Crippen molar-refractivity contribution in [1.29, 1.82) is 0 Å². The Morgan fingerprint density at radius 1 is 1.25 bits per heavy atom. The summed E-state index contributed by atoms with van der Waals surface area (Å²) in [6, 6.07) is 12.6. The second-order valence-corrected chi connectivity index (χ2v) is 7.39. The van der Waals surface area contributed by atoms with Crippen LogP contribution in [0.2, 0.25) is 0 Å². The lowest BCUT2D eigenvalue weighted by molar-refractivity contribution is -0.112. The highest BCUT2D eigenvalue weighted by atomic mass is 19.1. The molecule has 4 nitrogen and oxygen atoms in total. The molecule has 0 N–H and O–H groups in total. The van der Waals surface area contributed by atoms with Crippen molar-refractivity contribution in [1.82, 2.24) is 5.01 Å². The van der Waals surface area contributed by atoms with Gasteiger partial charge in [-0.3, -0.25) is 9.80 Å². The summed E-state index contributed by atoms with van der Waals surface area (Å²) in [6.07, 6.45) is 3.43. The van der Waals surface area contributed by atoms with Crippen LogP contribution in [0.5, 0.6) is 5.75 Å². The van der Waals surface area contributed by atoms with E-state index in [1.807, 2.05) is 30.1 Å². The highest BCUT2D eigenvalue weighted by Crippen LogP contribution is 2.45. The van der Waals surface area contributed by atoms with Crippen molar-refractivity contribution in [3.8, 4) is 5.75 Å². The van der Waals surface area contributed by atoms with E-state index in [0.717, 1.165) is 41.1 Å². The van der Waals surface area contributed by atoms with Gasteiger partial charge in [0.25, 0.3) is 0 Å². The van der Waals surface area contributed by atoms with Crippen LogP contribution in [0.25, 0.3) is 0 Å². The van der Waals surface area contributed by atoms with E-state index >= 15 is 0 Å². The molecule has 1 heterocycles. The molecule has 5 heteroatoms. The third-order valence-electron chi connectivity index (χ3n) is 5.49. The zero-order valence-corrected chi connectivity index (χ0v) is 16.3. The number of aryl methyl sites for hydroxylation is 1. The van der Waals surface area contributed by atoms with Crippen molar-refractivity contribution in [2.24, 2.45) is 11.0 Å². The number of carbonyl (C=O) groups excluding carboxylic acids is 1. The topological polar surface area (TPSA) is 41.9 Å². The summed E-state index contributed by atoms with van der Waals surface area (Å²) in [6.45, 7) is 3.40. The van der Waals surface area contributed by atoms with Crippen LogP contribution < -0.4 is 4.74 Å². The lowest BCUT2D eigenvalue weighted by Crippen LogP contribution is -2.28. The molecule has 4 rings (SSSR count). The fourth-order valence-corrected chi connectivity index (χ4v) is 4.29. The molecule has 0 saturated heterocycles. The average molecular weight is 378 g/mol. The van der Waals surface area contributed by atoms with Crippen molar-refractivity contribution in [3.63, 3.8) is 0 Å². The number of nitrogens with zero attached hydrogens (tertiary/aromatic N) is 2. The van der Waals surface area contributed by atoms with Crippen molar-refractivity contribution in [3.05, 3.63) is 76.7 Å². The molecule has 2 atom stereocenters. The third kappa shape index (κ3) is 3.21. The van der Waals surface area contributed by atoms with E-state index < -0.39 is 0 Å². The smallest absolute Gasteiger partial charge is 0.154 e. The molecule has 0 spiro atoms. The Kier molecular flexibility index (Phi) is 4.75. The van der Waals surface area contributed by atoms with Gasteiger partial charge in [0.1, 0.15) is 11.6 Å².